The third kappa shape index (κ3) is 3.78. The van der Waals surface area contributed by atoms with Crippen LogP contribution in [-0.2, 0) is 11.3 Å². The highest BCUT2D eigenvalue weighted by Gasteiger charge is 2.26. The van der Waals surface area contributed by atoms with Gasteiger partial charge in [-0.1, -0.05) is 41.9 Å². The molecule has 1 amide bonds. The van der Waals surface area contributed by atoms with Crippen LogP contribution >= 0.6 is 11.6 Å². The number of ether oxygens (including phenoxy) is 1. The number of likely N-dealkylation sites (tertiary alicyclic amines) is 1. The predicted molar refractivity (Wildman–Crippen MR) is 104 cm³/mol. The van der Waals surface area contributed by atoms with Gasteiger partial charge in [-0.3, -0.25) is 0 Å². The minimum Gasteiger partial charge on any atom is -0.445 e. The van der Waals surface area contributed by atoms with Crippen LogP contribution in [0.25, 0.3) is 5.65 Å². The summed E-state index contributed by atoms with van der Waals surface area (Å²) in [4.78, 5) is 18.7. The molecule has 1 aliphatic rings. The summed E-state index contributed by atoms with van der Waals surface area (Å²) in [6.07, 6.45) is 2.87. The van der Waals surface area contributed by atoms with Gasteiger partial charge in [0.2, 0.25) is 0 Å². The highest BCUT2D eigenvalue weighted by atomic mass is 35.5. The van der Waals surface area contributed by atoms with Gasteiger partial charge >= 0.3 is 6.09 Å². The molecule has 1 saturated heterocycles. The van der Waals surface area contributed by atoms with Gasteiger partial charge in [0, 0.05) is 30.9 Å². The topological polar surface area (TPSA) is 59.7 Å². The molecule has 0 unspecified atom stereocenters. The highest BCUT2D eigenvalue weighted by molar-refractivity contribution is 6.36. The first-order valence-corrected chi connectivity index (χ1v) is 9.25. The molecule has 0 aliphatic carbocycles. The number of amides is 1. The van der Waals surface area contributed by atoms with Crippen LogP contribution in [0.15, 0.2) is 42.6 Å². The molecule has 0 saturated carbocycles. The molecule has 27 heavy (non-hydrogen) atoms. The SMILES string of the molecule is [B]c1cnn2c(Cl)cc(C3CCN(C(=O)OCc4ccccc4)CC3)nc12. The van der Waals surface area contributed by atoms with E-state index >= 15 is 0 Å². The molecule has 2 aromatic heterocycles. The number of hydrogen-bond donors (Lipinski definition) is 0. The van der Waals surface area contributed by atoms with E-state index in [9.17, 15) is 4.79 Å². The Morgan fingerprint density at radius 2 is 2.00 bits per heavy atom. The largest absolute Gasteiger partial charge is 0.445 e. The molecule has 1 aromatic carbocycles. The van der Waals surface area contributed by atoms with Crippen LogP contribution in [0, 0.1) is 0 Å². The summed E-state index contributed by atoms with van der Waals surface area (Å²) in [7, 11) is 5.91. The normalized spacial score (nSPS) is 15.2. The molecule has 1 aliphatic heterocycles. The van der Waals surface area contributed by atoms with Crippen molar-refractivity contribution in [3.05, 3.63) is 59.0 Å². The minimum atomic E-state index is -0.279. The Balaban J connectivity index is 1.37. The number of carbonyl (C=O) groups excluding carboxylic acids is 1. The lowest BCUT2D eigenvalue weighted by Gasteiger charge is -2.31. The number of carbonyl (C=O) groups is 1. The maximum atomic E-state index is 12.3. The average Bonchev–Trinajstić information content (AvgIpc) is 3.08. The van der Waals surface area contributed by atoms with Crippen LogP contribution in [0.5, 0.6) is 0 Å². The number of aromatic nitrogens is 3. The van der Waals surface area contributed by atoms with Crippen molar-refractivity contribution in [2.45, 2.75) is 25.4 Å². The second-order valence-electron chi connectivity index (χ2n) is 6.64. The zero-order valence-electron chi connectivity index (χ0n) is 14.7. The van der Waals surface area contributed by atoms with Gasteiger partial charge < -0.3 is 9.64 Å². The zero-order valence-corrected chi connectivity index (χ0v) is 15.5. The number of halogens is 1. The lowest BCUT2D eigenvalue weighted by atomic mass is 9.93. The maximum Gasteiger partial charge on any atom is 0.410 e. The average molecular weight is 381 g/mol. The summed E-state index contributed by atoms with van der Waals surface area (Å²) in [5.41, 5.74) is 2.94. The fourth-order valence-electron chi connectivity index (χ4n) is 3.34. The molecule has 2 radical (unpaired) electrons. The number of hydrogen-bond acceptors (Lipinski definition) is 4. The predicted octanol–water partition coefficient (Wildman–Crippen LogP) is 2.69. The number of nitrogens with zero attached hydrogens (tertiary/aromatic N) is 4. The van der Waals surface area contributed by atoms with E-state index < -0.39 is 0 Å². The Bertz CT molecular complexity index is 955. The fourth-order valence-corrected chi connectivity index (χ4v) is 3.57. The van der Waals surface area contributed by atoms with E-state index in [1.165, 1.54) is 4.52 Å². The lowest BCUT2D eigenvalue weighted by Crippen LogP contribution is -2.38. The molecular weight excluding hydrogens is 363 g/mol. The Hall–Kier alpha value is -2.54. The molecule has 8 heteroatoms. The third-order valence-corrected chi connectivity index (χ3v) is 5.12. The molecule has 3 heterocycles. The van der Waals surface area contributed by atoms with Crippen molar-refractivity contribution in [3.8, 4) is 0 Å². The first kappa shape index (κ1) is 17.9. The van der Waals surface area contributed by atoms with Gasteiger partial charge in [0.05, 0.1) is 0 Å². The van der Waals surface area contributed by atoms with Crippen molar-refractivity contribution in [1.29, 1.82) is 0 Å². The van der Waals surface area contributed by atoms with Crippen molar-refractivity contribution in [1.82, 2.24) is 19.5 Å². The standard InChI is InChI=1S/C19H18BClN4O2/c20-15-11-22-25-17(21)10-16(23-18(15)25)14-6-8-24(9-7-14)19(26)27-12-13-4-2-1-3-5-13/h1-5,10-11,14H,6-9,12H2. The van der Waals surface area contributed by atoms with E-state index in [0.717, 1.165) is 24.1 Å². The van der Waals surface area contributed by atoms with Gasteiger partial charge in [-0.25, -0.2) is 14.3 Å². The van der Waals surface area contributed by atoms with E-state index in [1.807, 2.05) is 36.4 Å². The second-order valence-corrected chi connectivity index (χ2v) is 7.03. The molecular formula is C19H18BClN4O2. The molecule has 0 bridgehead atoms. The highest BCUT2D eigenvalue weighted by Crippen LogP contribution is 2.29. The Kier molecular flexibility index (Phi) is 5.03. The first-order valence-electron chi connectivity index (χ1n) is 8.87. The Morgan fingerprint density at radius 3 is 2.74 bits per heavy atom. The van der Waals surface area contributed by atoms with Gasteiger partial charge in [0.1, 0.15) is 25.3 Å². The van der Waals surface area contributed by atoms with Gasteiger partial charge in [0.15, 0.2) is 0 Å². The molecule has 0 spiro atoms. The van der Waals surface area contributed by atoms with Crippen molar-refractivity contribution in [2.24, 2.45) is 0 Å². The minimum absolute atomic E-state index is 0.222. The van der Waals surface area contributed by atoms with Crippen LogP contribution < -0.4 is 5.46 Å². The molecule has 3 aromatic rings. The van der Waals surface area contributed by atoms with E-state index in [-0.39, 0.29) is 18.6 Å². The molecule has 136 valence electrons. The molecule has 0 N–H and O–H groups in total. The van der Waals surface area contributed by atoms with E-state index in [1.54, 1.807) is 11.1 Å². The Morgan fingerprint density at radius 1 is 1.26 bits per heavy atom. The van der Waals surface area contributed by atoms with Crippen LogP contribution in [0.4, 0.5) is 4.79 Å². The summed E-state index contributed by atoms with van der Waals surface area (Å²) in [5.74, 6) is 0.222. The van der Waals surface area contributed by atoms with Gasteiger partial charge in [-0.2, -0.15) is 5.10 Å². The summed E-state index contributed by atoms with van der Waals surface area (Å²) in [6, 6.07) is 11.5. The maximum absolute atomic E-state index is 12.3. The molecule has 1 fully saturated rings. The van der Waals surface area contributed by atoms with Crippen LogP contribution in [0.1, 0.15) is 30.0 Å². The van der Waals surface area contributed by atoms with E-state index in [4.69, 9.17) is 24.2 Å². The Labute approximate surface area is 163 Å². The van der Waals surface area contributed by atoms with E-state index in [2.05, 4.69) is 10.1 Å². The van der Waals surface area contributed by atoms with Crippen molar-refractivity contribution >= 4 is 36.7 Å². The molecule has 4 rings (SSSR count). The van der Waals surface area contributed by atoms with Crippen molar-refractivity contribution < 1.29 is 9.53 Å². The smallest absolute Gasteiger partial charge is 0.410 e. The van der Waals surface area contributed by atoms with Gasteiger partial charge in [-0.05, 0) is 29.9 Å². The number of piperidine rings is 1. The van der Waals surface area contributed by atoms with Crippen molar-refractivity contribution in [2.75, 3.05) is 13.1 Å². The number of benzene rings is 1. The lowest BCUT2D eigenvalue weighted by molar-refractivity contribution is 0.0868. The zero-order chi connectivity index (χ0) is 18.8. The van der Waals surface area contributed by atoms with Gasteiger partial charge in [-0.15, -0.1) is 0 Å². The molecule has 0 atom stereocenters. The third-order valence-electron chi connectivity index (χ3n) is 4.85. The summed E-state index contributed by atoms with van der Waals surface area (Å²) in [5, 5.41) is 4.60. The monoisotopic (exact) mass is 380 g/mol. The summed E-state index contributed by atoms with van der Waals surface area (Å²) in [6.45, 7) is 1.53. The number of fused-ring (bicyclic) bond motifs is 1. The second kappa shape index (κ2) is 7.60. The van der Waals surface area contributed by atoms with Crippen LogP contribution in [0.3, 0.4) is 0 Å². The van der Waals surface area contributed by atoms with Crippen LogP contribution in [-0.4, -0.2) is 46.5 Å². The summed E-state index contributed by atoms with van der Waals surface area (Å²) < 4.78 is 6.94. The van der Waals surface area contributed by atoms with Crippen LogP contribution in [0.2, 0.25) is 5.15 Å². The van der Waals surface area contributed by atoms with Gasteiger partial charge in [0.25, 0.3) is 0 Å². The fraction of sp³-hybridized carbons (Fsp3) is 0.316. The first-order chi connectivity index (χ1) is 13.1. The van der Waals surface area contributed by atoms with Crippen molar-refractivity contribution in [3.63, 3.8) is 0 Å². The van der Waals surface area contributed by atoms with E-state index in [0.29, 0.717) is 29.4 Å². The summed E-state index contributed by atoms with van der Waals surface area (Å²) >= 11 is 6.29. The quantitative estimate of drug-likeness (QED) is 0.518. The number of rotatable bonds is 3. The molecule has 6 nitrogen and oxygen atoms in total.